The van der Waals surface area contributed by atoms with E-state index in [-0.39, 0.29) is 17.3 Å². The van der Waals surface area contributed by atoms with E-state index in [0.717, 1.165) is 28.6 Å². The minimum absolute atomic E-state index is 0.0369. The van der Waals surface area contributed by atoms with Crippen molar-refractivity contribution in [2.75, 3.05) is 17.7 Å². The van der Waals surface area contributed by atoms with Crippen molar-refractivity contribution in [1.29, 1.82) is 5.26 Å². The first-order valence-electron chi connectivity index (χ1n) is 11.8. The number of hydrogen-bond acceptors (Lipinski definition) is 7. The molecule has 190 valence electrons. The smallest absolute Gasteiger partial charge is 0.271 e. The highest BCUT2D eigenvalue weighted by atomic mass is 32.2. The highest BCUT2D eigenvalue weighted by Gasteiger charge is 2.18. The Morgan fingerprint density at radius 3 is 2.47 bits per heavy atom. The minimum Gasteiger partial charge on any atom is -0.494 e. The zero-order valence-corrected chi connectivity index (χ0v) is 21.6. The number of nitrogens with zero attached hydrogens (tertiary/aromatic N) is 3. The third-order valence-electron chi connectivity index (χ3n) is 5.69. The molecule has 1 N–H and O–H groups in total. The summed E-state index contributed by atoms with van der Waals surface area (Å²) in [5.41, 5.74) is 4.40. The van der Waals surface area contributed by atoms with Gasteiger partial charge in [-0.3, -0.25) is 14.9 Å². The SMILES string of the molecule is CCOc1ccc(-c2cc(-c3ccccc3)c(C#N)c(SCC(=O)Nc3cc([N+](=O)[O-])ccc3C)n2)cc1. The summed E-state index contributed by atoms with van der Waals surface area (Å²) in [4.78, 5) is 28.2. The number of benzene rings is 3. The van der Waals surface area contributed by atoms with Gasteiger partial charge in [0.25, 0.3) is 5.69 Å². The average molecular weight is 525 g/mol. The first kappa shape index (κ1) is 26.4. The fourth-order valence-electron chi connectivity index (χ4n) is 3.79. The van der Waals surface area contributed by atoms with Crippen LogP contribution in [0.25, 0.3) is 22.4 Å². The number of aryl methyl sites for hydroxylation is 1. The second-order valence-electron chi connectivity index (χ2n) is 8.26. The highest BCUT2D eigenvalue weighted by Crippen LogP contribution is 2.35. The van der Waals surface area contributed by atoms with Crippen molar-refractivity contribution in [2.45, 2.75) is 18.9 Å². The summed E-state index contributed by atoms with van der Waals surface area (Å²) in [6.07, 6.45) is 0. The Bertz CT molecular complexity index is 1520. The monoisotopic (exact) mass is 524 g/mol. The lowest BCUT2D eigenvalue weighted by atomic mass is 9.99. The maximum absolute atomic E-state index is 12.8. The standard InChI is InChI=1S/C29H24N4O4S/c1-3-37-23-13-10-21(11-14-23)27-16-24(20-7-5-4-6-8-20)25(17-30)29(32-27)38-18-28(34)31-26-15-22(33(35)36)12-9-19(26)2/h4-16H,3,18H2,1-2H3,(H,31,34). The quantitative estimate of drug-likeness (QED) is 0.148. The molecule has 0 aliphatic carbocycles. The van der Waals surface area contributed by atoms with Gasteiger partial charge in [0.1, 0.15) is 16.8 Å². The number of non-ortho nitro benzene ring substituents is 1. The van der Waals surface area contributed by atoms with Crippen LogP contribution in [0.1, 0.15) is 18.1 Å². The van der Waals surface area contributed by atoms with Gasteiger partial charge >= 0.3 is 0 Å². The molecule has 0 fully saturated rings. The van der Waals surface area contributed by atoms with E-state index in [1.165, 1.54) is 12.1 Å². The van der Waals surface area contributed by atoms with Crippen LogP contribution in [0.5, 0.6) is 5.75 Å². The van der Waals surface area contributed by atoms with E-state index in [0.29, 0.717) is 39.7 Å². The van der Waals surface area contributed by atoms with Gasteiger partial charge in [-0.05, 0) is 55.3 Å². The van der Waals surface area contributed by atoms with Gasteiger partial charge in [-0.1, -0.05) is 48.2 Å². The Hall–Kier alpha value is -4.68. The number of hydrogen-bond donors (Lipinski definition) is 1. The van der Waals surface area contributed by atoms with Crippen LogP contribution in [0.3, 0.4) is 0 Å². The molecule has 0 radical (unpaired) electrons. The van der Waals surface area contributed by atoms with E-state index in [1.54, 1.807) is 13.0 Å². The number of nitro groups is 1. The number of ether oxygens (including phenoxy) is 1. The molecule has 0 saturated heterocycles. The van der Waals surface area contributed by atoms with E-state index >= 15 is 0 Å². The van der Waals surface area contributed by atoms with Crippen molar-refractivity contribution >= 4 is 29.0 Å². The zero-order valence-electron chi connectivity index (χ0n) is 20.8. The second kappa shape index (κ2) is 12.0. The molecule has 1 aromatic heterocycles. The van der Waals surface area contributed by atoms with Crippen LogP contribution in [-0.4, -0.2) is 28.2 Å². The van der Waals surface area contributed by atoms with Crippen molar-refractivity contribution < 1.29 is 14.5 Å². The lowest BCUT2D eigenvalue weighted by Gasteiger charge is -2.13. The molecule has 0 aliphatic rings. The van der Waals surface area contributed by atoms with Gasteiger partial charge in [0, 0.05) is 23.3 Å². The fraction of sp³-hybridized carbons (Fsp3) is 0.138. The van der Waals surface area contributed by atoms with Gasteiger partial charge in [0.15, 0.2) is 0 Å². The highest BCUT2D eigenvalue weighted by molar-refractivity contribution is 8.00. The van der Waals surface area contributed by atoms with Gasteiger partial charge in [-0.25, -0.2) is 4.98 Å². The van der Waals surface area contributed by atoms with Crippen LogP contribution in [0.15, 0.2) is 83.9 Å². The molecule has 38 heavy (non-hydrogen) atoms. The van der Waals surface area contributed by atoms with E-state index in [4.69, 9.17) is 9.72 Å². The van der Waals surface area contributed by atoms with Crippen molar-refractivity contribution in [1.82, 2.24) is 4.98 Å². The summed E-state index contributed by atoms with van der Waals surface area (Å²) in [6, 6.07) is 25.5. The van der Waals surface area contributed by atoms with E-state index in [1.807, 2.05) is 67.6 Å². The molecule has 0 aliphatic heterocycles. The van der Waals surface area contributed by atoms with Gasteiger partial charge in [-0.15, -0.1) is 0 Å². The van der Waals surface area contributed by atoms with Crippen LogP contribution in [0.4, 0.5) is 11.4 Å². The number of anilines is 1. The van der Waals surface area contributed by atoms with Gasteiger partial charge in [0.05, 0.1) is 34.2 Å². The van der Waals surface area contributed by atoms with Crippen molar-refractivity contribution in [3.8, 4) is 34.2 Å². The average Bonchev–Trinajstić information content (AvgIpc) is 2.93. The summed E-state index contributed by atoms with van der Waals surface area (Å²) >= 11 is 1.14. The molecule has 8 nitrogen and oxygen atoms in total. The molecule has 0 bridgehead atoms. The number of thioether (sulfide) groups is 1. The van der Waals surface area contributed by atoms with Crippen molar-refractivity contribution in [3.63, 3.8) is 0 Å². The summed E-state index contributed by atoms with van der Waals surface area (Å²) in [5.74, 6) is 0.345. The molecule has 0 atom stereocenters. The number of aromatic nitrogens is 1. The molecule has 3 aromatic carbocycles. The normalized spacial score (nSPS) is 10.4. The number of carbonyl (C=O) groups excluding carboxylic acids is 1. The third-order valence-corrected chi connectivity index (χ3v) is 6.67. The van der Waals surface area contributed by atoms with Crippen LogP contribution < -0.4 is 10.1 Å². The molecular weight excluding hydrogens is 500 g/mol. The Kier molecular flexibility index (Phi) is 8.36. The predicted molar refractivity (Wildman–Crippen MR) is 148 cm³/mol. The van der Waals surface area contributed by atoms with Gasteiger partial charge in [0.2, 0.25) is 5.91 Å². The summed E-state index contributed by atoms with van der Waals surface area (Å²) in [7, 11) is 0. The number of pyridine rings is 1. The van der Waals surface area contributed by atoms with Gasteiger partial charge < -0.3 is 10.1 Å². The number of rotatable bonds is 9. The Labute approximate surface area is 224 Å². The third kappa shape index (κ3) is 6.17. The molecule has 4 rings (SSSR count). The maximum atomic E-state index is 12.8. The number of amides is 1. The fourth-order valence-corrected chi connectivity index (χ4v) is 4.60. The summed E-state index contributed by atoms with van der Waals surface area (Å²) < 4.78 is 5.54. The van der Waals surface area contributed by atoms with Crippen LogP contribution in [0, 0.1) is 28.4 Å². The Morgan fingerprint density at radius 1 is 1.08 bits per heavy atom. The van der Waals surface area contributed by atoms with Crippen molar-refractivity contribution in [3.05, 3.63) is 100 Å². The van der Waals surface area contributed by atoms with Crippen LogP contribution in [-0.2, 0) is 4.79 Å². The lowest BCUT2D eigenvalue weighted by Crippen LogP contribution is -2.15. The molecule has 9 heteroatoms. The van der Waals surface area contributed by atoms with Crippen LogP contribution in [0.2, 0.25) is 0 Å². The molecule has 0 saturated carbocycles. The molecule has 0 unspecified atom stereocenters. The zero-order chi connectivity index (χ0) is 27.1. The number of nitriles is 1. The van der Waals surface area contributed by atoms with E-state index < -0.39 is 4.92 Å². The van der Waals surface area contributed by atoms with Crippen molar-refractivity contribution in [2.24, 2.45) is 0 Å². The Morgan fingerprint density at radius 2 is 1.82 bits per heavy atom. The maximum Gasteiger partial charge on any atom is 0.271 e. The number of nitro benzene ring substituents is 1. The first-order valence-corrected chi connectivity index (χ1v) is 12.8. The Balaban J connectivity index is 1.66. The molecule has 0 spiro atoms. The van der Waals surface area contributed by atoms with Gasteiger partial charge in [-0.2, -0.15) is 5.26 Å². The summed E-state index contributed by atoms with van der Waals surface area (Å²) in [5, 5.41) is 24.3. The van der Waals surface area contributed by atoms with Crippen LogP contribution >= 0.6 is 11.8 Å². The molecule has 4 aromatic rings. The molecular formula is C29H24N4O4S. The number of carbonyl (C=O) groups is 1. The van der Waals surface area contributed by atoms with E-state index in [2.05, 4.69) is 11.4 Å². The first-order chi connectivity index (χ1) is 18.4. The molecule has 1 heterocycles. The molecule has 1 amide bonds. The summed E-state index contributed by atoms with van der Waals surface area (Å²) in [6.45, 7) is 4.24. The largest absolute Gasteiger partial charge is 0.494 e. The number of nitrogens with one attached hydrogen (secondary N) is 1. The topological polar surface area (TPSA) is 118 Å². The second-order valence-corrected chi connectivity index (χ2v) is 9.23. The lowest BCUT2D eigenvalue weighted by molar-refractivity contribution is -0.384. The van der Waals surface area contributed by atoms with E-state index in [9.17, 15) is 20.2 Å². The minimum atomic E-state index is -0.509. The predicted octanol–water partition coefficient (Wildman–Crippen LogP) is 6.63.